The largest absolute Gasteiger partial charge is 0.387 e. The molecule has 1 aromatic rings. The van der Waals surface area contributed by atoms with E-state index in [9.17, 15) is 4.79 Å². The van der Waals surface area contributed by atoms with Gasteiger partial charge in [-0.3, -0.25) is 4.79 Å². The van der Waals surface area contributed by atoms with Crippen LogP contribution in [0.2, 0.25) is 5.02 Å². The van der Waals surface area contributed by atoms with Crippen LogP contribution in [0.15, 0.2) is 12.1 Å². The number of carbonyl (C=O) groups excluding carboxylic acids is 1. The van der Waals surface area contributed by atoms with Crippen molar-refractivity contribution in [2.24, 2.45) is 0 Å². The van der Waals surface area contributed by atoms with E-state index in [1.807, 2.05) is 6.07 Å². The number of rotatable bonds is 1. The lowest BCUT2D eigenvalue weighted by Crippen LogP contribution is -2.03. The van der Waals surface area contributed by atoms with Crippen LogP contribution in [0.3, 0.4) is 0 Å². The van der Waals surface area contributed by atoms with E-state index in [0.29, 0.717) is 11.4 Å². The van der Waals surface area contributed by atoms with Gasteiger partial charge in [0.15, 0.2) is 0 Å². The predicted molar refractivity (Wildman–Crippen MR) is 53.3 cm³/mol. The van der Waals surface area contributed by atoms with E-state index in [0.717, 1.165) is 16.9 Å². The Bertz CT molecular complexity index is 376. The lowest BCUT2D eigenvalue weighted by atomic mass is 10.1. The summed E-state index contributed by atoms with van der Waals surface area (Å²) in [6.45, 7) is 0. The van der Waals surface area contributed by atoms with Gasteiger partial charge >= 0.3 is 0 Å². The van der Waals surface area contributed by atoms with Crippen LogP contribution in [0.4, 0.5) is 11.4 Å². The van der Waals surface area contributed by atoms with Crippen LogP contribution in [0.25, 0.3) is 0 Å². The highest BCUT2D eigenvalue weighted by Gasteiger charge is 2.18. The normalized spacial score (nSPS) is 13.8. The van der Waals surface area contributed by atoms with Crippen LogP contribution < -0.4 is 10.6 Å². The summed E-state index contributed by atoms with van der Waals surface area (Å²) in [5.74, 6) is 0.0271. The van der Waals surface area contributed by atoms with Gasteiger partial charge in [0.2, 0.25) is 5.91 Å². The minimum Gasteiger partial charge on any atom is -0.387 e. The summed E-state index contributed by atoms with van der Waals surface area (Å²) >= 11 is 5.94. The van der Waals surface area contributed by atoms with Crippen molar-refractivity contribution in [3.8, 4) is 0 Å². The Labute approximate surface area is 81.1 Å². The van der Waals surface area contributed by atoms with Gasteiger partial charge in [-0.1, -0.05) is 11.6 Å². The van der Waals surface area contributed by atoms with Gasteiger partial charge in [-0.25, -0.2) is 0 Å². The van der Waals surface area contributed by atoms with Crippen molar-refractivity contribution in [3.05, 3.63) is 22.7 Å². The van der Waals surface area contributed by atoms with Crippen molar-refractivity contribution in [1.29, 1.82) is 0 Å². The third-order valence-electron chi connectivity index (χ3n) is 2.09. The number of hydrogen-bond donors (Lipinski definition) is 2. The van der Waals surface area contributed by atoms with Crippen molar-refractivity contribution in [3.63, 3.8) is 0 Å². The van der Waals surface area contributed by atoms with Gasteiger partial charge in [-0.05, 0) is 17.7 Å². The predicted octanol–water partition coefficient (Wildman–Crippen LogP) is 1.88. The molecule has 0 saturated heterocycles. The quantitative estimate of drug-likeness (QED) is 0.720. The molecule has 3 nitrogen and oxygen atoms in total. The van der Waals surface area contributed by atoms with Crippen molar-refractivity contribution in [1.82, 2.24) is 0 Å². The first kappa shape index (κ1) is 8.38. The Morgan fingerprint density at radius 1 is 1.54 bits per heavy atom. The zero-order valence-corrected chi connectivity index (χ0v) is 7.90. The molecule has 0 unspecified atom stereocenters. The molecule has 0 bridgehead atoms. The second kappa shape index (κ2) is 2.92. The molecule has 1 aliphatic rings. The molecule has 4 heteroatoms. The van der Waals surface area contributed by atoms with Gasteiger partial charge in [0.1, 0.15) is 0 Å². The van der Waals surface area contributed by atoms with E-state index in [4.69, 9.17) is 11.6 Å². The summed E-state index contributed by atoms with van der Waals surface area (Å²) in [7, 11) is 1.80. The molecule has 1 aromatic carbocycles. The Morgan fingerprint density at radius 3 is 3.00 bits per heavy atom. The maximum Gasteiger partial charge on any atom is 0.228 e. The number of anilines is 2. The van der Waals surface area contributed by atoms with E-state index in [1.54, 1.807) is 13.1 Å². The SMILES string of the molecule is CNc1cc2c(cc1Cl)NC(=O)C2. The van der Waals surface area contributed by atoms with E-state index in [2.05, 4.69) is 10.6 Å². The summed E-state index contributed by atoms with van der Waals surface area (Å²) in [5, 5.41) is 6.34. The zero-order chi connectivity index (χ0) is 9.42. The molecule has 0 aliphatic carbocycles. The zero-order valence-electron chi connectivity index (χ0n) is 7.15. The third kappa shape index (κ3) is 1.35. The fraction of sp³-hybridized carbons (Fsp3) is 0.222. The van der Waals surface area contributed by atoms with Crippen LogP contribution in [-0.4, -0.2) is 13.0 Å². The number of nitrogens with one attached hydrogen (secondary N) is 2. The maximum absolute atomic E-state index is 11.0. The lowest BCUT2D eigenvalue weighted by molar-refractivity contribution is -0.115. The summed E-state index contributed by atoms with van der Waals surface area (Å²) in [4.78, 5) is 11.0. The van der Waals surface area contributed by atoms with Gasteiger partial charge in [-0.2, -0.15) is 0 Å². The number of hydrogen-bond acceptors (Lipinski definition) is 2. The summed E-state index contributed by atoms with van der Waals surface area (Å²) in [6.07, 6.45) is 0.446. The van der Waals surface area contributed by atoms with Gasteiger partial charge in [0, 0.05) is 12.7 Å². The number of halogens is 1. The molecular formula is C9H9ClN2O. The highest BCUT2D eigenvalue weighted by Crippen LogP contribution is 2.32. The van der Waals surface area contributed by atoms with Gasteiger partial charge < -0.3 is 10.6 Å². The van der Waals surface area contributed by atoms with E-state index < -0.39 is 0 Å². The highest BCUT2D eigenvalue weighted by molar-refractivity contribution is 6.33. The summed E-state index contributed by atoms with van der Waals surface area (Å²) in [5.41, 5.74) is 2.68. The molecule has 1 amide bonds. The highest BCUT2D eigenvalue weighted by atomic mass is 35.5. The molecule has 2 rings (SSSR count). The molecule has 68 valence electrons. The first-order valence-electron chi connectivity index (χ1n) is 4.00. The first-order valence-corrected chi connectivity index (χ1v) is 4.38. The van der Waals surface area contributed by atoms with E-state index >= 15 is 0 Å². The number of carbonyl (C=O) groups is 1. The molecule has 0 spiro atoms. The Balaban J connectivity index is 2.50. The molecule has 0 radical (unpaired) electrons. The third-order valence-corrected chi connectivity index (χ3v) is 2.40. The van der Waals surface area contributed by atoms with Crippen LogP contribution in [0, 0.1) is 0 Å². The van der Waals surface area contributed by atoms with E-state index in [1.165, 1.54) is 0 Å². The number of benzene rings is 1. The maximum atomic E-state index is 11.0. The first-order chi connectivity index (χ1) is 6.20. The standard InChI is InChI=1S/C9H9ClN2O/c1-11-8-2-5-3-9(13)12-7(5)4-6(8)10/h2,4,11H,3H2,1H3,(H,12,13). The fourth-order valence-corrected chi connectivity index (χ4v) is 1.70. The van der Waals surface area contributed by atoms with Gasteiger partial charge in [0.05, 0.1) is 17.1 Å². The number of amides is 1. The molecule has 0 fully saturated rings. The Morgan fingerprint density at radius 2 is 2.31 bits per heavy atom. The average Bonchev–Trinajstić information content (AvgIpc) is 2.42. The summed E-state index contributed by atoms with van der Waals surface area (Å²) in [6, 6.07) is 3.67. The molecule has 13 heavy (non-hydrogen) atoms. The smallest absolute Gasteiger partial charge is 0.228 e. The van der Waals surface area contributed by atoms with Gasteiger partial charge in [0.25, 0.3) is 0 Å². The molecule has 1 heterocycles. The van der Waals surface area contributed by atoms with E-state index in [-0.39, 0.29) is 5.91 Å². The minimum absolute atomic E-state index is 0.0271. The monoisotopic (exact) mass is 196 g/mol. The second-order valence-corrected chi connectivity index (χ2v) is 3.37. The van der Waals surface area contributed by atoms with Crippen LogP contribution >= 0.6 is 11.6 Å². The van der Waals surface area contributed by atoms with Crippen LogP contribution in [-0.2, 0) is 11.2 Å². The van der Waals surface area contributed by atoms with Crippen LogP contribution in [0.1, 0.15) is 5.56 Å². The van der Waals surface area contributed by atoms with Crippen molar-refractivity contribution < 1.29 is 4.79 Å². The molecule has 2 N–H and O–H groups in total. The molecule has 1 aliphatic heterocycles. The van der Waals surface area contributed by atoms with Crippen molar-refractivity contribution in [2.75, 3.05) is 17.7 Å². The summed E-state index contributed by atoms with van der Waals surface area (Å²) < 4.78 is 0. The van der Waals surface area contributed by atoms with Crippen molar-refractivity contribution >= 4 is 28.9 Å². The van der Waals surface area contributed by atoms with Crippen LogP contribution in [0.5, 0.6) is 0 Å². The average molecular weight is 197 g/mol. The second-order valence-electron chi connectivity index (χ2n) is 2.96. The molecule has 0 saturated carbocycles. The Hall–Kier alpha value is -1.22. The number of fused-ring (bicyclic) bond motifs is 1. The van der Waals surface area contributed by atoms with Crippen molar-refractivity contribution in [2.45, 2.75) is 6.42 Å². The molecule has 0 atom stereocenters. The Kier molecular flexibility index (Phi) is 1.88. The topological polar surface area (TPSA) is 41.1 Å². The minimum atomic E-state index is 0.0271. The fourth-order valence-electron chi connectivity index (χ4n) is 1.44. The lowest BCUT2D eigenvalue weighted by Gasteiger charge is -2.05. The van der Waals surface area contributed by atoms with Gasteiger partial charge in [-0.15, -0.1) is 0 Å². The molecular weight excluding hydrogens is 188 g/mol. The molecule has 0 aromatic heterocycles.